The molecule has 2 aromatic carbocycles. The summed E-state index contributed by atoms with van der Waals surface area (Å²) in [6.07, 6.45) is -0.541. The van der Waals surface area contributed by atoms with Gasteiger partial charge in [0.15, 0.2) is 0 Å². The standard InChI is InChI=1S/C24H31N3O5/c1-24(2,3)32-23(30)27-20(22(29)25-4)14-15-21(28)26-18-10-12-19(13-11-18)31-16-17-8-6-5-7-9-17/h5-13,20H,14-16H2,1-4H3,(H,25,29)(H,26,28)(H,27,30). The molecule has 0 saturated carbocycles. The molecule has 32 heavy (non-hydrogen) atoms. The molecule has 0 aliphatic heterocycles. The van der Waals surface area contributed by atoms with Crippen LogP contribution in [-0.4, -0.2) is 36.6 Å². The number of hydrogen-bond acceptors (Lipinski definition) is 5. The first-order valence-corrected chi connectivity index (χ1v) is 10.4. The third-order valence-electron chi connectivity index (χ3n) is 4.30. The lowest BCUT2D eigenvalue weighted by Gasteiger charge is -2.23. The number of rotatable bonds is 9. The van der Waals surface area contributed by atoms with E-state index in [1.54, 1.807) is 45.0 Å². The third kappa shape index (κ3) is 9.07. The SMILES string of the molecule is CNC(=O)C(CCC(=O)Nc1ccc(OCc2ccccc2)cc1)NC(=O)OC(C)(C)C. The van der Waals surface area contributed by atoms with Gasteiger partial charge >= 0.3 is 6.09 Å². The van der Waals surface area contributed by atoms with E-state index in [1.165, 1.54) is 7.05 Å². The Morgan fingerprint density at radius 2 is 1.62 bits per heavy atom. The van der Waals surface area contributed by atoms with Crippen LogP contribution in [0.25, 0.3) is 0 Å². The van der Waals surface area contributed by atoms with E-state index < -0.39 is 23.6 Å². The second-order valence-electron chi connectivity index (χ2n) is 8.20. The predicted molar refractivity (Wildman–Crippen MR) is 122 cm³/mol. The Labute approximate surface area is 188 Å². The highest BCUT2D eigenvalue weighted by molar-refractivity contribution is 5.92. The van der Waals surface area contributed by atoms with Crippen LogP contribution in [0.3, 0.4) is 0 Å². The van der Waals surface area contributed by atoms with Gasteiger partial charge < -0.3 is 25.4 Å². The van der Waals surface area contributed by atoms with Crippen molar-refractivity contribution in [3.05, 3.63) is 60.2 Å². The van der Waals surface area contributed by atoms with Gasteiger partial charge in [0.05, 0.1) is 0 Å². The number of carbonyl (C=O) groups excluding carboxylic acids is 3. The topological polar surface area (TPSA) is 106 Å². The number of nitrogens with one attached hydrogen (secondary N) is 3. The zero-order valence-corrected chi connectivity index (χ0v) is 18.9. The van der Waals surface area contributed by atoms with E-state index in [4.69, 9.17) is 9.47 Å². The zero-order chi connectivity index (χ0) is 23.6. The van der Waals surface area contributed by atoms with Crippen molar-refractivity contribution in [2.45, 2.75) is 51.9 Å². The molecule has 0 saturated heterocycles. The van der Waals surface area contributed by atoms with Gasteiger partial charge in [0.2, 0.25) is 11.8 Å². The first kappa shape index (κ1) is 24.7. The molecule has 0 spiro atoms. The van der Waals surface area contributed by atoms with Gasteiger partial charge in [-0.2, -0.15) is 0 Å². The Morgan fingerprint density at radius 3 is 2.22 bits per heavy atom. The summed E-state index contributed by atoms with van der Waals surface area (Å²) in [6.45, 7) is 5.64. The fraction of sp³-hybridized carbons (Fsp3) is 0.375. The molecule has 0 heterocycles. The second kappa shape index (κ2) is 11.7. The number of ether oxygens (including phenoxy) is 2. The Balaban J connectivity index is 1.83. The molecule has 3 N–H and O–H groups in total. The predicted octanol–water partition coefficient (Wildman–Crippen LogP) is 3.62. The lowest BCUT2D eigenvalue weighted by Crippen LogP contribution is -2.47. The van der Waals surface area contributed by atoms with E-state index >= 15 is 0 Å². The van der Waals surface area contributed by atoms with Crippen molar-refractivity contribution in [1.82, 2.24) is 10.6 Å². The second-order valence-corrected chi connectivity index (χ2v) is 8.20. The van der Waals surface area contributed by atoms with Crippen LogP contribution in [-0.2, 0) is 20.9 Å². The van der Waals surface area contributed by atoms with Crippen LogP contribution in [0.4, 0.5) is 10.5 Å². The van der Waals surface area contributed by atoms with Gasteiger partial charge in [-0.3, -0.25) is 9.59 Å². The molecule has 0 radical (unpaired) electrons. The molecule has 0 aliphatic rings. The monoisotopic (exact) mass is 441 g/mol. The summed E-state index contributed by atoms with van der Waals surface area (Å²) in [7, 11) is 1.47. The van der Waals surface area contributed by atoms with Gasteiger partial charge in [-0.15, -0.1) is 0 Å². The Morgan fingerprint density at radius 1 is 0.969 bits per heavy atom. The summed E-state index contributed by atoms with van der Waals surface area (Å²) in [4.78, 5) is 36.4. The molecule has 2 rings (SSSR count). The molecule has 8 heteroatoms. The van der Waals surface area contributed by atoms with Crippen molar-refractivity contribution in [1.29, 1.82) is 0 Å². The largest absolute Gasteiger partial charge is 0.489 e. The van der Waals surface area contributed by atoms with Gasteiger partial charge in [0.1, 0.15) is 24.0 Å². The van der Waals surface area contributed by atoms with Crippen LogP contribution in [0.15, 0.2) is 54.6 Å². The van der Waals surface area contributed by atoms with Crippen molar-refractivity contribution in [2.24, 2.45) is 0 Å². The Kier molecular flexibility index (Phi) is 9.07. The minimum absolute atomic E-state index is 0.0418. The average Bonchev–Trinajstić information content (AvgIpc) is 2.75. The van der Waals surface area contributed by atoms with Gasteiger partial charge in [-0.1, -0.05) is 30.3 Å². The van der Waals surface area contributed by atoms with Gasteiger partial charge in [-0.25, -0.2) is 4.79 Å². The summed E-state index contributed by atoms with van der Waals surface area (Å²) < 4.78 is 10.9. The molecule has 0 aliphatic carbocycles. The van der Waals surface area contributed by atoms with Gasteiger partial charge in [0, 0.05) is 19.2 Å². The maximum atomic E-state index is 12.3. The van der Waals surface area contributed by atoms with Crippen LogP contribution in [0, 0.1) is 0 Å². The Hall–Kier alpha value is -3.55. The van der Waals surface area contributed by atoms with Crippen molar-refractivity contribution < 1.29 is 23.9 Å². The van der Waals surface area contributed by atoms with Gasteiger partial charge in [0.25, 0.3) is 0 Å². The highest BCUT2D eigenvalue weighted by Crippen LogP contribution is 2.17. The van der Waals surface area contributed by atoms with E-state index in [9.17, 15) is 14.4 Å². The third-order valence-corrected chi connectivity index (χ3v) is 4.30. The van der Waals surface area contributed by atoms with Crippen LogP contribution < -0.4 is 20.7 Å². The summed E-state index contributed by atoms with van der Waals surface area (Å²) in [5, 5.41) is 7.77. The number of carbonyl (C=O) groups is 3. The summed E-state index contributed by atoms with van der Waals surface area (Å²) in [5.74, 6) is 0.0134. The normalized spacial score (nSPS) is 11.8. The van der Waals surface area contributed by atoms with E-state index in [1.807, 2.05) is 30.3 Å². The first-order valence-electron chi connectivity index (χ1n) is 10.4. The molecule has 0 aromatic heterocycles. The molecule has 0 fully saturated rings. The quantitative estimate of drug-likeness (QED) is 0.551. The Bertz CT molecular complexity index is 892. The van der Waals surface area contributed by atoms with Crippen molar-refractivity contribution in [3.8, 4) is 5.75 Å². The fourth-order valence-electron chi connectivity index (χ4n) is 2.77. The summed E-state index contributed by atoms with van der Waals surface area (Å²) in [6, 6.07) is 16.0. The minimum Gasteiger partial charge on any atom is -0.489 e. The molecular weight excluding hydrogens is 410 g/mol. The molecule has 8 nitrogen and oxygen atoms in total. The van der Waals surface area contributed by atoms with Crippen molar-refractivity contribution in [2.75, 3.05) is 12.4 Å². The maximum absolute atomic E-state index is 12.3. The molecule has 1 unspecified atom stereocenters. The summed E-state index contributed by atoms with van der Waals surface area (Å²) in [5.41, 5.74) is 0.986. The van der Waals surface area contributed by atoms with Crippen LogP contribution in [0.5, 0.6) is 5.75 Å². The number of likely N-dealkylation sites (N-methyl/N-ethyl adjacent to an activating group) is 1. The average molecular weight is 442 g/mol. The number of alkyl carbamates (subject to hydrolysis) is 1. The first-order chi connectivity index (χ1) is 15.2. The lowest BCUT2D eigenvalue weighted by atomic mass is 10.1. The smallest absolute Gasteiger partial charge is 0.408 e. The van der Waals surface area contributed by atoms with E-state index in [0.29, 0.717) is 18.0 Å². The van der Waals surface area contributed by atoms with E-state index in [-0.39, 0.29) is 18.7 Å². The molecular formula is C24H31N3O5. The van der Waals surface area contributed by atoms with E-state index in [0.717, 1.165) is 5.56 Å². The van der Waals surface area contributed by atoms with Crippen molar-refractivity contribution >= 4 is 23.6 Å². The lowest BCUT2D eigenvalue weighted by molar-refractivity contribution is -0.123. The van der Waals surface area contributed by atoms with E-state index in [2.05, 4.69) is 16.0 Å². The number of benzene rings is 2. The molecule has 0 bridgehead atoms. The van der Waals surface area contributed by atoms with Gasteiger partial charge in [-0.05, 0) is 57.0 Å². The molecule has 1 atom stereocenters. The number of amides is 3. The highest BCUT2D eigenvalue weighted by atomic mass is 16.6. The summed E-state index contributed by atoms with van der Waals surface area (Å²) >= 11 is 0. The van der Waals surface area contributed by atoms with Crippen LogP contribution in [0.1, 0.15) is 39.2 Å². The molecule has 3 amide bonds. The molecule has 2 aromatic rings. The highest BCUT2D eigenvalue weighted by Gasteiger charge is 2.24. The maximum Gasteiger partial charge on any atom is 0.408 e. The van der Waals surface area contributed by atoms with Crippen molar-refractivity contribution in [3.63, 3.8) is 0 Å². The fourth-order valence-corrected chi connectivity index (χ4v) is 2.77. The molecule has 172 valence electrons. The number of anilines is 1. The van der Waals surface area contributed by atoms with Crippen LogP contribution in [0.2, 0.25) is 0 Å². The van der Waals surface area contributed by atoms with Crippen LogP contribution >= 0.6 is 0 Å². The zero-order valence-electron chi connectivity index (χ0n) is 18.9. The minimum atomic E-state index is -0.880. The number of hydrogen-bond donors (Lipinski definition) is 3.